The predicted molar refractivity (Wildman–Crippen MR) is 76.6 cm³/mol. The molecule has 0 bridgehead atoms. The number of fused-ring (bicyclic) bond motifs is 1. The first kappa shape index (κ1) is 11.8. The molecule has 2 nitrogen and oxygen atoms in total. The Morgan fingerprint density at radius 2 is 2.22 bits per heavy atom. The third-order valence-electron chi connectivity index (χ3n) is 4.15. The highest BCUT2D eigenvalue weighted by Gasteiger charge is 2.17. The average molecular weight is 242 g/mol. The van der Waals surface area contributed by atoms with E-state index < -0.39 is 0 Å². The summed E-state index contributed by atoms with van der Waals surface area (Å²) >= 11 is 0. The van der Waals surface area contributed by atoms with Gasteiger partial charge in [0.15, 0.2) is 0 Å². The minimum atomic E-state index is 0.716. The number of H-pyrrole nitrogens is 1. The van der Waals surface area contributed by atoms with Gasteiger partial charge in [0.1, 0.15) is 0 Å². The fourth-order valence-corrected chi connectivity index (χ4v) is 3.09. The van der Waals surface area contributed by atoms with E-state index in [-0.39, 0.29) is 0 Å². The van der Waals surface area contributed by atoms with E-state index in [2.05, 4.69) is 41.5 Å². The molecule has 1 aromatic heterocycles. The highest BCUT2D eigenvalue weighted by atomic mass is 14.9. The lowest BCUT2D eigenvalue weighted by Gasteiger charge is -2.27. The van der Waals surface area contributed by atoms with Crippen LogP contribution in [0.25, 0.3) is 10.9 Å². The molecule has 0 aliphatic heterocycles. The number of nitrogens with one attached hydrogen (secondary N) is 2. The van der Waals surface area contributed by atoms with E-state index in [4.69, 9.17) is 0 Å². The van der Waals surface area contributed by atoms with Crippen LogP contribution in [-0.4, -0.2) is 11.0 Å². The first-order chi connectivity index (χ1) is 8.81. The summed E-state index contributed by atoms with van der Waals surface area (Å²) in [6, 6.07) is 9.53. The summed E-state index contributed by atoms with van der Waals surface area (Å²) in [7, 11) is 0. The smallest absolute Gasteiger partial charge is 0.0457 e. The van der Waals surface area contributed by atoms with Crippen molar-refractivity contribution in [2.45, 2.75) is 45.2 Å². The predicted octanol–water partition coefficient (Wildman–Crippen LogP) is 3.84. The SMILES string of the molecule is CC1CCCC(NCc2ccc3cc[nH]c3c2)C1. The highest BCUT2D eigenvalue weighted by Crippen LogP contribution is 2.24. The zero-order chi connectivity index (χ0) is 12.4. The molecule has 2 N–H and O–H groups in total. The van der Waals surface area contributed by atoms with Gasteiger partial charge in [-0.3, -0.25) is 0 Å². The van der Waals surface area contributed by atoms with E-state index in [0.717, 1.165) is 12.5 Å². The molecule has 2 unspecified atom stereocenters. The monoisotopic (exact) mass is 242 g/mol. The van der Waals surface area contributed by atoms with E-state index in [1.54, 1.807) is 0 Å². The molecule has 3 rings (SSSR count). The van der Waals surface area contributed by atoms with Gasteiger partial charge < -0.3 is 10.3 Å². The Bertz CT molecular complexity index is 515. The maximum atomic E-state index is 3.71. The maximum absolute atomic E-state index is 3.71. The zero-order valence-corrected chi connectivity index (χ0v) is 11.1. The summed E-state index contributed by atoms with van der Waals surface area (Å²) in [4.78, 5) is 3.28. The molecule has 96 valence electrons. The van der Waals surface area contributed by atoms with Gasteiger partial charge in [0.05, 0.1) is 0 Å². The highest BCUT2D eigenvalue weighted by molar-refractivity contribution is 5.79. The summed E-state index contributed by atoms with van der Waals surface area (Å²) in [6.45, 7) is 3.37. The minimum Gasteiger partial charge on any atom is -0.361 e. The van der Waals surface area contributed by atoms with Crippen LogP contribution in [0, 0.1) is 5.92 Å². The average Bonchev–Trinajstić information content (AvgIpc) is 2.84. The molecule has 1 fully saturated rings. The third-order valence-corrected chi connectivity index (χ3v) is 4.15. The van der Waals surface area contributed by atoms with Crippen molar-refractivity contribution in [1.82, 2.24) is 10.3 Å². The Hall–Kier alpha value is -1.28. The lowest BCUT2D eigenvalue weighted by atomic mass is 9.87. The van der Waals surface area contributed by atoms with Gasteiger partial charge in [0, 0.05) is 24.3 Å². The summed E-state index contributed by atoms with van der Waals surface area (Å²) in [6.07, 6.45) is 7.48. The Morgan fingerprint density at radius 3 is 3.11 bits per heavy atom. The van der Waals surface area contributed by atoms with Crippen molar-refractivity contribution in [2.24, 2.45) is 5.92 Å². The number of hydrogen-bond donors (Lipinski definition) is 2. The van der Waals surface area contributed by atoms with E-state index >= 15 is 0 Å². The van der Waals surface area contributed by atoms with Gasteiger partial charge in [-0.25, -0.2) is 0 Å². The number of hydrogen-bond acceptors (Lipinski definition) is 1. The zero-order valence-electron chi connectivity index (χ0n) is 11.1. The second-order valence-corrected chi connectivity index (χ2v) is 5.75. The van der Waals surface area contributed by atoms with Crippen LogP contribution < -0.4 is 5.32 Å². The molecule has 2 atom stereocenters. The molecule has 0 spiro atoms. The lowest BCUT2D eigenvalue weighted by molar-refractivity contribution is 0.300. The summed E-state index contributed by atoms with van der Waals surface area (Å²) in [5, 5.41) is 5.01. The van der Waals surface area contributed by atoms with Gasteiger partial charge >= 0.3 is 0 Å². The fourth-order valence-electron chi connectivity index (χ4n) is 3.09. The molecule has 1 aliphatic rings. The van der Waals surface area contributed by atoms with Crippen LogP contribution >= 0.6 is 0 Å². The number of rotatable bonds is 3. The first-order valence-electron chi connectivity index (χ1n) is 7.10. The van der Waals surface area contributed by atoms with Crippen molar-refractivity contribution in [1.29, 1.82) is 0 Å². The van der Waals surface area contributed by atoms with Crippen molar-refractivity contribution in [2.75, 3.05) is 0 Å². The Morgan fingerprint density at radius 1 is 1.28 bits per heavy atom. The Labute approximate surface area is 109 Å². The topological polar surface area (TPSA) is 27.8 Å². The first-order valence-corrected chi connectivity index (χ1v) is 7.10. The van der Waals surface area contributed by atoms with Crippen LogP contribution in [0.4, 0.5) is 0 Å². The molecule has 0 saturated heterocycles. The van der Waals surface area contributed by atoms with Crippen molar-refractivity contribution in [3.63, 3.8) is 0 Å². The van der Waals surface area contributed by atoms with E-state index in [1.807, 2.05) is 6.20 Å². The van der Waals surface area contributed by atoms with Crippen molar-refractivity contribution in [3.8, 4) is 0 Å². The molecule has 1 saturated carbocycles. The van der Waals surface area contributed by atoms with E-state index in [9.17, 15) is 0 Å². The number of aromatic amines is 1. The van der Waals surface area contributed by atoms with Crippen molar-refractivity contribution >= 4 is 10.9 Å². The minimum absolute atomic E-state index is 0.716. The van der Waals surface area contributed by atoms with Crippen LogP contribution in [0.2, 0.25) is 0 Å². The standard InChI is InChI=1S/C16H22N2/c1-12-3-2-4-15(9-12)18-11-13-5-6-14-7-8-17-16(14)10-13/h5-8,10,12,15,17-18H,2-4,9,11H2,1H3. The van der Waals surface area contributed by atoms with Gasteiger partial charge in [-0.1, -0.05) is 31.9 Å². The summed E-state index contributed by atoms with van der Waals surface area (Å²) < 4.78 is 0. The van der Waals surface area contributed by atoms with Crippen LogP contribution in [0.3, 0.4) is 0 Å². The van der Waals surface area contributed by atoms with Gasteiger partial charge in [-0.2, -0.15) is 0 Å². The lowest BCUT2D eigenvalue weighted by Crippen LogP contribution is -2.33. The molecule has 0 amide bonds. The molecular formula is C16H22N2. The van der Waals surface area contributed by atoms with Gasteiger partial charge in [-0.15, -0.1) is 0 Å². The normalized spacial score (nSPS) is 24.5. The third kappa shape index (κ3) is 2.59. The van der Waals surface area contributed by atoms with Crippen LogP contribution in [0.15, 0.2) is 30.5 Å². The van der Waals surface area contributed by atoms with E-state index in [0.29, 0.717) is 6.04 Å². The summed E-state index contributed by atoms with van der Waals surface area (Å²) in [5.74, 6) is 0.891. The Balaban J connectivity index is 1.61. The number of benzene rings is 1. The largest absolute Gasteiger partial charge is 0.361 e. The van der Waals surface area contributed by atoms with E-state index in [1.165, 1.54) is 42.1 Å². The molecule has 2 heteroatoms. The van der Waals surface area contributed by atoms with Crippen molar-refractivity contribution in [3.05, 3.63) is 36.0 Å². The van der Waals surface area contributed by atoms with Gasteiger partial charge in [-0.05, 0) is 41.8 Å². The molecule has 18 heavy (non-hydrogen) atoms. The van der Waals surface area contributed by atoms with Crippen LogP contribution in [0.5, 0.6) is 0 Å². The van der Waals surface area contributed by atoms with Gasteiger partial charge in [0.25, 0.3) is 0 Å². The van der Waals surface area contributed by atoms with Crippen LogP contribution in [-0.2, 0) is 6.54 Å². The molecule has 1 aliphatic carbocycles. The quantitative estimate of drug-likeness (QED) is 0.841. The molecule has 0 radical (unpaired) electrons. The van der Waals surface area contributed by atoms with Crippen molar-refractivity contribution < 1.29 is 0 Å². The maximum Gasteiger partial charge on any atom is 0.0457 e. The molecule has 2 aromatic rings. The van der Waals surface area contributed by atoms with Gasteiger partial charge in [0.2, 0.25) is 0 Å². The molecule has 1 aromatic carbocycles. The molecular weight excluding hydrogens is 220 g/mol. The fraction of sp³-hybridized carbons (Fsp3) is 0.500. The number of aromatic nitrogens is 1. The Kier molecular flexibility index (Phi) is 3.37. The molecule has 1 heterocycles. The second kappa shape index (κ2) is 5.15. The van der Waals surface area contributed by atoms with Crippen LogP contribution in [0.1, 0.15) is 38.2 Å². The second-order valence-electron chi connectivity index (χ2n) is 5.75. The summed E-state index contributed by atoms with van der Waals surface area (Å²) in [5.41, 5.74) is 2.62.